The number of ether oxygens (including phenoxy) is 1. The van der Waals surface area contributed by atoms with Crippen molar-refractivity contribution in [1.29, 1.82) is 0 Å². The van der Waals surface area contributed by atoms with Gasteiger partial charge in [-0.05, 0) is 19.8 Å². The largest absolute Gasteiger partial charge is 0.465 e. The maximum Gasteiger partial charge on any atom is 0.319 e. The van der Waals surface area contributed by atoms with Gasteiger partial charge in [-0.3, -0.25) is 4.79 Å². The van der Waals surface area contributed by atoms with Crippen molar-refractivity contribution >= 4 is 15.8 Å². The highest BCUT2D eigenvalue weighted by molar-refractivity contribution is 7.91. The normalized spacial score (nSPS) is 26.9. The lowest BCUT2D eigenvalue weighted by Gasteiger charge is -2.23. The standard InChI is InChI=1S/C11H21NO4S/c1-3-4-6-16-10(13)8-12-11(2)5-7-17(14,15)9-11/h12H,3-9H2,1-2H3. The van der Waals surface area contributed by atoms with Crippen LogP contribution in [0.4, 0.5) is 0 Å². The predicted molar refractivity (Wildman–Crippen MR) is 65.5 cm³/mol. The third-order valence-corrected chi connectivity index (χ3v) is 4.83. The summed E-state index contributed by atoms with van der Waals surface area (Å²) in [5.74, 6) is -0.0205. The number of carbonyl (C=O) groups excluding carboxylic acids is 1. The zero-order valence-corrected chi connectivity index (χ0v) is 11.3. The Morgan fingerprint density at radius 1 is 1.47 bits per heavy atom. The summed E-state index contributed by atoms with van der Waals surface area (Å²) < 4.78 is 27.7. The highest BCUT2D eigenvalue weighted by Gasteiger charge is 2.38. The molecule has 5 nitrogen and oxygen atoms in total. The Kier molecular flexibility index (Phi) is 4.94. The van der Waals surface area contributed by atoms with Crippen molar-refractivity contribution in [3.63, 3.8) is 0 Å². The van der Waals surface area contributed by atoms with E-state index >= 15 is 0 Å². The molecule has 100 valence electrons. The van der Waals surface area contributed by atoms with E-state index in [9.17, 15) is 13.2 Å². The number of rotatable bonds is 6. The first-order valence-electron chi connectivity index (χ1n) is 5.98. The first-order valence-corrected chi connectivity index (χ1v) is 7.80. The summed E-state index contributed by atoms with van der Waals surface area (Å²) in [5.41, 5.74) is -0.484. The summed E-state index contributed by atoms with van der Waals surface area (Å²) in [6.45, 7) is 4.37. The summed E-state index contributed by atoms with van der Waals surface area (Å²) in [6, 6.07) is 0. The smallest absolute Gasteiger partial charge is 0.319 e. The van der Waals surface area contributed by atoms with Crippen molar-refractivity contribution in [2.75, 3.05) is 24.7 Å². The van der Waals surface area contributed by atoms with Crippen molar-refractivity contribution in [2.24, 2.45) is 0 Å². The Hall–Kier alpha value is -0.620. The maximum atomic E-state index is 11.3. The van der Waals surface area contributed by atoms with E-state index in [1.165, 1.54) is 0 Å². The average Bonchev–Trinajstić information content (AvgIpc) is 2.52. The van der Waals surface area contributed by atoms with Gasteiger partial charge < -0.3 is 10.1 Å². The van der Waals surface area contributed by atoms with Crippen LogP contribution in [0.25, 0.3) is 0 Å². The second kappa shape index (κ2) is 5.82. The van der Waals surface area contributed by atoms with E-state index in [0.717, 1.165) is 12.8 Å². The Morgan fingerprint density at radius 2 is 2.18 bits per heavy atom. The molecule has 1 rings (SSSR count). The number of hydrogen-bond donors (Lipinski definition) is 1. The molecule has 1 unspecified atom stereocenters. The molecule has 1 N–H and O–H groups in total. The molecular weight excluding hydrogens is 242 g/mol. The molecule has 0 amide bonds. The minimum atomic E-state index is -2.94. The van der Waals surface area contributed by atoms with Gasteiger partial charge in [-0.25, -0.2) is 8.42 Å². The zero-order valence-electron chi connectivity index (χ0n) is 10.5. The Bertz CT molecular complexity index is 366. The van der Waals surface area contributed by atoms with Gasteiger partial charge in [0.2, 0.25) is 0 Å². The molecule has 0 saturated carbocycles. The van der Waals surface area contributed by atoms with Crippen LogP contribution in [0.2, 0.25) is 0 Å². The zero-order chi connectivity index (χ0) is 12.9. The van der Waals surface area contributed by atoms with Crippen LogP contribution in [-0.2, 0) is 19.4 Å². The molecular formula is C11H21NO4S. The summed E-state index contributed by atoms with van der Waals surface area (Å²) in [7, 11) is -2.94. The number of carbonyl (C=O) groups is 1. The molecule has 0 radical (unpaired) electrons. The fraction of sp³-hybridized carbons (Fsp3) is 0.909. The van der Waals surface area contributed by atoms with Crippen molar-refractivity contribution in [3.05, 3.63) is 0 Å². The summed E-state index contributed by atoms with van der Waals surface area (Å²) >= 11 is 0. The summed E-state index contributed by atoms with van der Waals surface area (Å²) in [5, 5.41) is 2.99. The quantitative estimate of drug-likeness (QED) is 0.558. The van der Waals surface area contributed by atoms with Gasteiger partial charge in [0.25, 0.3) is 0 Å². The molecule has 1 atom stereocenters. The van der Waals surface area contributed by atoms with Crippen molar-refractivity contribution < 1.29 is 17.9 Å². The summed E-state index contributed by atoms with van der Waals surface area (Å²) in [4.78, 5) is 11.3. The molecule has 6 heteroatoms. The van der Waals surface area contributed by atoms with Gasteiger partial charge in [0.15, 0.2) is 9.84 Å². The SMILES string of the molecule is CCCCOC(=O)CNC1(C)CCS(=O)(=O)C1. The Balaban J connectivity index is 2.29. The van der Waals surface area contributed by atoms with Crippen LogP contribution in [0.3, 0.4) is 0 Å². The fourth-order valence-electron chi connectivity index (χ4n) is 1.82. The first-order chi connectivity index (χ1) is 7.87. The number of sulfone groups is 1. The molecule has 0 aromatic carbocycles. The van der Waals surface area contributed by atoms with Crippen molar-refractivity contribution in [2.45, 2.75) is 38.6 Å². The van der Waals surface area contributed by atoms with E-state index in [0.29, 0.717) is 13.0 Å². The lowest BCUT2D eigenvalue weighted by molar-refractivity contribution is -0.143. The van der Waals surface area contributed by atoms with Crippen LogP contribution in [0.5, 0.6) is 0 Å². The van der Waals surface area contributed by atoms with Crippen molar-refractivity contribution in [3.8, 4) is 0 Å². The molecule has 0 aliphatic carbocycles. The second-order valence-corrected chi connectivity index (χ2v) is 7.01. The van der Waals surface area contributed by atoms with Crippen LogP contribution in [0.15, 0.2) is 0 Å². The minimum absolute atomic E-state index is 0.0791. The van der Waals surface area contributed by atoms with Crippen LogP contribution in [-0.4, -0.2) is 44.6 Å². The molecule has 1 heterocycles. The highest BCUT2D eigenvalue weighted by Crippen LogP contribution is 2.22. The Morgan fingerprint density at radius 3 is 2.71 bits per heavy atom. The predicted octanol–water partition coefficient (Wildman–Crippen LogP) is 0.496. The van der Waals surface area contributed by atoms with E-state index in [1.54, 1.807) is 0 Å². The first kappa shape index (κ1) is 14.4. The van der Waals surface area contributed by atoms with Gasteiger partial charge in [0, 0.05) is 5.54 Å². The molecule has 1 saturated heterocycles. The van der Waals surface area contributed by atoms with Gasteiger partial charge in [0.05, 0.1) is 24.7 Å². The van der Waals surface area contributed by atoms with Gasteiger partial charge in [0.1, 0.15) is 0 Å². The van der Waals surface area contributed by atoms with Gasteiger partial charge in [-0.15, -0.1) is 0 Å². The van der Waals surface area contributed by atoms with Crippen LogP contribution in [0, 0.1) is 0 Å². The lowest BCUT2D eigenvalue weighted by atomic mass is 10.0. The molecule has 1 aliphatic heterocycles. The number of nitrogens with one attached hydrogen (secondary N) is 1. The van der Waals surface area contributed by atoms with Crippen LogP contribution >= 0.6 is 0 Å². The monoisotopic (exact) mass is 263 g/mol. The van der Waals surface area contributed by atoms with Crippen LogP contribution < -0.4 is 5.32 Å². The van der Waals surface area contributed by atoms with E-state index in [-0.39, 0.29) is 24.0 Å². The van der Waals surface area contributed by atoms with E-state index in [2.05, 4.69) is 5.32 Å². The van der Waals surface area contributed by atoms with Crippen LogP contribution in [0.1, 0.15) is 33.1 Å². The molecule has 0 aromatic rings. The van der Waals surface area contributed by atoms with Gasteiger partial charge >= 0.3 is 5.97 Å². The van der Waals surface area contributed by atoms with E-state index < -0.39 is 15.4 Å². The van der Waals surface area contributed by atoms with E-state index in [1.807, 2.05) is 13.8 Å². The van der Waals surface area contributed by atoms with Crippen molar-refractivity contribution in [1.82, 2.24) is 5.32 Å². The minimum Gasteiger partial charge on any atom is -0.465 e. The molecule has 0 aromatic heterocycles. The van der Waals surface area contributed by atoms with Gasteiger partial charge in [-0.1, -0.05) is 13.3 Å². The highest BCUT2D eigenvalue weighted by atomic mass is 32.2. The number of unbranched alkanes of at least 4 members (excludes halogenated alkanes) is 1. The topological polar surface area (TPSA) is 72.5 Å². The lowest BCUT2D eigenvalue weighted by Crippen LogP contribution is -2.46. The maximum absolute atomic E-state index is 11.3. The molecule has 0 spiro atoms. The fourth-order valence-corrected chi connectivity index (χ4v) is 3.94. The molecule has 0 bridgehead atoms. The second-order valence-electron chi connectivity index (χ2n) is 4.83. The number of esters is 1. The Labute approximate surface area is 103 Å². The number of hydrogen-bond acceptors (Lipinski definition) is 5. The molecule has 1 fully saturated rings. The third-order valence-electron chi connectivity index (χ3n) is 2.92. The summed E-state index contributed by atoms with van der Waals surface area (Å²) in [6.07, 6.45) is 2.39. The molecule has 1 aliphatic rings. The molecule has 17 heavy (non-hydrogen) atoms. The van der Waals surface area contributed by atoms with E-state index in [4.69, 9.17) is 4.74 Å². The third kappa shape index (κ3) is 5.04. The average molecular weight is 263 g/mol. The van der Waals surface area contributed by atoms with Gasteiger partial charge in [-0.2, -0.15) is 0 Å².